The monoisotopic (exact) mass is 354 g/mol. The van der Waals surface area contributed by atoms with Gasteiger partial charge < -0.3 is 19.3 Å². The van der Waals surface area contributed by atoms with Gasteiger partial charge in [0.1, 0.15) is 5.75 Å². The van der Waals surface area contributed by atoms with Crippen molar-refractivity contribution < 1.29 is 14.3 Å². The van der Waals surface area contributed by atoms with Crippen molar-refractivity contribution in [3.8, 4) is 5.75 Å². The molecule has 5 heteroatoms. The number of ether oxygens (including phenoxy) is 2. The van der Waals surface area contributed by atoms with Crippen LogP contribution in [0.15, 0.2) is 48.5 Å². The van der Waals surface area contributed by atoms with Crippen molar-refractivity contribution in [1.29, 1.82) is 0 Å². The Morgan fingerprint density at radius 1 is 1.12 bits per heavy atom. The zero-order chi connectivity index (χ0) is 18.4. The summed E-state index contributed by atoms with van der Waals surface area (Å²) >= 11 is 0. The van der Waals surface area contributed by atoms with Crippen molar-refractivity contribution in [3.63, 3.8) is 0 Å². The van der Waals surface area contributed by atoms with Gasteiger partial charge in [0, 0.05) is 32.4 Å². The van der Waals surface area contributed by atoms with Crippen LogP contribution in [0, 0.1) is 0 Å². The summed E-state index contributed by atoms with van der Waals surface area (Å²) in [4.78, 5) is 16.6. The van der Waals surface area contributed by atoms with E-state index >= 15 is 0 Å². The van der Waals surface area contributed by atoms with E-state index in [2.05, 4.69) is 29.2 Å². The maximum Gasteiger partial charge on any atom is 0.227 e. The molecule has 1 heterocycles. The normalized spacial score (nSPS) is 14.2. The van der Waals surface area contributed by atoms with Crippen LogP contribution in [0.2, 0.25) is 0 Å². The Balaban J connectivity index is 1.56. The van der Waals surface area contributed by atoms with Gasteiger partial charge in [0.2, 0.25) is 5.91 Å². The molecule has 5 nitrogen and oxygen atoms in total. The van der Waals surface area contributed by atoms with Crippen molar-refractivity contribution in [2.24, 2.45) is 0 Å². The highest BCUT2D eigenvalue weighted by Gasteiger charge is 2.13. The molecule has 1 fully saturated rings. The molecular formula is C21H26N2O3. The van der Waals surface area contributed by atoms with Crippen molar-refractivity contribution in [2.75, 3.05) is 45.4 Å². The zero-order valence-corrected chi connectivity index (χ0v) is 15.5. The van der Waals surface area contributed by atoms with E-state index in [-0.39, 0.29) is 5.91 Å². The number of carbonyl (C=O) groups excluding carboxylic acids is 1. The first kappa shape index (κ1) is 18.3. The minimum Gasteiger partial charge on any atom is -0.497 e. The Morgan fingerprint density at radius 3 is 2.54 bits per heavy atom. The smallest absolute Gasteiger partial charge is 0.227 e. The van der Waals surface area contributed by atoms with Crippen LogP contribution in [0.4, 0.5) is 5.69 Å². The second kappa shape index (κ2) is 8.72. The van der Waals surface area contributed by atoms with Crippen molar-refractivity contribution in [1.82, 2.24) is 4.90 Å². The number of hydrogen-bond acceptors (Lipinski definition) is 4. The molecular weight excluding hydrogens is 328 g/mol. The van der Waals surface area contributed by atoms with E-state index in [9.17, 15) is 4.79 Å². The summed E-state index contributed by atoms with van der Waals surface area (Å²) in [6.07, 6.45) is 0.375. The summed E-state index contributed by atoms with van der Waals surface area (Å²) in [5.74, 6) is 0.868. The van der Waals surface area contributed by atoms with Crippen LogP contribution in [0.3, 0.4) is 0 Å². The Labute approximate surface area is 155 Å². The first-order valence-electron chi connectivity index (χ1n) is 8.94. The molecule has 2 aromatic rings. The lowest BCUT2D eigenvalue weighted by Gasteiger charge is -2.29. The number of amides is 1. The summed E-state index contributed by atoms with van der Waals surface area (Å²) in [7, 11) is 3.48. The number of hydrogen-bond donors (Lipinski definition) is 0. The quantitative estimate of drug-likeness (QED) is 0.800. The molecule has 1 saturated heterocycles. The number of carbonyl (C=O) groups is 1. The van der Waals surface area contributed by atoms with Gasteiger partial charge in [-0.1, -0.05) is 24.3 Å². The third kappa shape index (κ3) is 4.76. The van der Waals surface area contributed by atoms with Crippen molar-refractivity contribution in [2.45, 2.75) is 13.0 Å². The van der Waals surface area contributed by atoms with Crippen LogP contribution in [0.5, 0.6) is 5.75 Å². The number of morpholine rings is 1. The van der Waals surface area contributed by atoms with E-state index < -0.39 is 0 Å². The van der Waals surface area contributed by atoms with E-state index in [4.69, 9.17) is 9.47 Å². The lowest BCUT2D eigenvalue weighted by atomic mass is 10.1. The molecule has 26 heavy (non-hydrogen) atoms. The number of methoxy groups -OCH3 is 1. The molecule has 3 rings (SSSR count). The fourth-order valence-electron chi connectivity index (χ4n) is 3.09. The van der Waals surface area contributed by atoms with Gasteiger partial charge in [-0.2, -0.15) is 0 Å². The molecule has 1 amide bonds. The Kier molecular flexibility index (Phi) is 6.12. The van der Waals surface area contributed by atoms with Gasteiger partial charge in [-0.05, 0) is 35.4 Å². The maximum atomic E-state index is 12.5. The van der Waals surface area contributed by atoms with Crippen LogP contribution in [-0.4, -0.2) is 51.3 Å². The number of likely N-dealkylation sites (N-methyl/N-ethyl adjacent to an activating group) is 1. The molecule has 0 spiro atoms. The molecule has 0 radical (unpaired) electrons. The lowest BCUT2D eigenvalue weighted by Crippen LogP contribution is -2.36. The number of rotatable bonds is 6. The SMILES string of the molecule is COc1cccc(CC(=O)N(C)Cc2ccc(N3CCOCC3)cc2)c1. The predicted octanol–water partition coefficient (Wildman–Crippen LogP) is 2.73. The van der Waals surface area contributed by atoms with Gasteiger partial charge in [-0.25, -0.2) is 0 Å². The molecule has 0 aliphatic carbocycles. The van der Waals surface area contributed by atoms with Crippen LogP contribution in [-0.2, 0) is 22.5 Å². The minimum absolute atomic E-state index is 0.0931. The first-order chi connectivity index (χ1) is 12.7. The Hall–Kier alpha value is -2.53. The zero-order valence-electron chi connectivity index (χ0n) is 15.5. The van der Waals surface area contributed by atoms with Gasteiger partial charge >= 0.3 is 0 Å². The molecule has 0 saturated carbocycles. The molecule has 0 N–H and O–H groups in total. The topological polar surface area (TPSA) is 42.0 Å². The van der Waals surface area contributed by atoms with Crippen molar-refractivity contribution >= 4 is 11.6 Å². The van der Waals surface area contributed by atoms with E-state index in [1.54, 1.807) is 12.0 Å². The highest BCUT2D eigenvalue weighted by Crippen LogP contribution is 2.18. The highest BCUT2D eigenvalue weighted by molar-refractivity contribution is 5.78. The number of nitrogens with zero attached hydrogens (tertiary/aromatic N) is 2. The number of anilines is 1. The fourth-order valence-corrected chi connectivity index (χ4v) is 3.09. The van der Waals surface area contributed by atoms with E-state index in [1.807, 2.05) is 31.3 Å². The summed E-state index contributed by atoms with van der Waals surface area (Å²) in [6.45, 7) is 4.02. The lowest BCUT2D eigenvalue weighted by molar-refractivity contribution is -0.129. The molecule has 0 aromatic heterocycles. The summed E-state index contributed by atoms with van der Waals surface area (Å²) < 4.78 is 10.6. The molecule has 138 valence electrons. The largest absolute Gasteiger partial charge is 0.497 e. The standard InChI is InChI=1S/C21H26N2O3/c1-22(21(24)15-18-4-3-5-20(14-18)25-2)16-17-6-8-19(9-7-17)23-10-12-26-13-11-23/h3-9,14H,10-13,15-16H2,1-2H3. The van der Waals surface area contributed by atoms with Crippen LogP contribution in [0.25, 0.3) is 0 Å². The second-order valence-corrected chi connectivity index (χ2v) is 6.54. The van der Waals surface area contributed by atoms with Gasteiger partial charge in [0.15, 0.2) is 0 Å². The van der Waals surface area contributed by atoms with Crippen LogP contribution in [0.1, 0.15) is 11.1 Å². The third-order valence-electron chi connectivity index (χ3n) is 4.65. The predicted molar refractivity (Wildman–Crippen MR) is 103 cm³/mol. The van der Waals surface area contributed by atoms with Gasteiger partial charge in [0.25, 0.3) is 0 Å². The highest BCUT2D eigenvalue weighted by atomic mass is 16.5. The van der Waals surface area contributed by atoms with E-state index in [1.165, 1.54) is 5.69 Å². The molecule has 1 aliphatic heterocycles. The Bertz CT molecular complexity index is 724. The summed E-state index contributed by atoms with van der Waals surface area (Å²) in [6, 6.07) is 16.1. The third-order valence-corrected chi connectivity index (χ3v) is 4.65. The fraction of sp³-hybridized carbons (Fsp3) is 0.381. The average molecular weight is 354 g/mol. The van der Waals surface area contributed by atoms with Crippen molar-refractivity contribution in [3.05, 3.63) is 59.7 Å². The first-order valence-corrected chi connectivity index (χ1v) is 8.94. The number of benzene rings is 2. The molecule has 0 unspecified atom stereocenters. The molecule has 2 aromatic carbocycles. The molecule has 0 atom stereocenters. The molecule has 0 bridgehead atoms. The summed E-state index contributed by atoms with van der Waals surface area (Å²) in [5, 5.41) is 0. The van der Waals surface area contributed by atoms with Crippen LogP contribution < -0.4 is 9.64 Å². The maximum absolute atomic E-state index is 12.5. The molecule has 1 aliphatic rings. The van der Waals surface area contributed by atoms with E-state index in [0.717, 1.165) is 43.2 Å². The average Bonchev–Trinajstić information content (AvgIpc) is 2.69. The Morgan fingerprint density at radius 2 is 1.85 bits per heavy atom. The second-order valence-electron chi connectivity index (χ2n) is 6.54. The van der Waals surface area contributed by atoms with Gasteiger partial charge in [-0.15, -0.1) is 0 Å². The van der Waals surface area contributed by atoms with Crippen LogP contribution >= 0.6 is 0 Å². The van der Waals surface area contributed by atoms with E-state index in [0.29, 0.717) is 13.0 Å². The summed E-state index contributed by atoms with van der Waals surface area (Å²) in [5.41, 5.74) is 3.30. The van der Waals surface area contributed by atoms with Gasteiger partial charge in [-0.3, -0.25) is 4.79 Å². The van der Waals surface area contributed by atoms with Gasteiger partial charge in [0.05, 0.1) is 26.7 Å². The minimum atomic E-state index is 0.0931.